The molecule has 0 atom stereocenters. The van der Waals surface area contributed by atoms with E-state index in [1.54, 1.807) is 4.90 Å². The molecule has 0 fully saturated rings. The Labute approximate surface area is 206 Å². The minimum absolute atomic E-state index is 0.00841. The van der Waals surface area contributed by atoms with Crippen LogP contribution in [0.25, 0.3) is 10.8 Å². The van der Waals surface area contributed by atoms with Gasteiger partial charge in [0.05, 0.1) is 12.2 Å². The lowest BCUT2D eigenvalue weighted by Gasteiger charge is -2.30. The molecule has 0 bridgehead atoms. The zero-order chi connectivity index (χ0) is 24.8. The smallest absolute Gasteiger partial charge is 0.322 e. The van der Waals surface area contributed by atoms with E-state index in [9.17, 15) is 9.59 Å². The Bertz CT molecular complexity index is 1290. The van der Waals surface area contributed by atoms with Crippen molar-refractivity contribution in [2.45, 2.75) is 33.0 Å². The van der Waals surface area contributed by atoms with E-state index < -0.39 is 0 Å². The number of carbonyl (C=O) groups excluding carboxylic acids is 2. The number of hydrogen-bond donors (Lipinski definition) is 1. The first-order chi connectivity index (χ1) is 16.9. The molecule has 0 radical (unpaired) electrons. The van der Waals surface area contributed by atoms with Gasteiger partial charge in [-0.2, -0.15) is 0 Å². The summed E-state index contributed by atoms with van der Waals surface area (Å²) in [4.78, 5) is 30.3. The van der Waals surface area contributed by atoms with E-state index in [0.29, 0.717) is 13.1 Å². The summed E-state index contributed by atoms with van der Waals surface area (Å²) in [6.07, 6.45) is 1.97. The highest BCUT2D eigenvalue weighted by Gasteiger charge is 2.24. The van der Waals surface area contributed by atoms with Crippen LogP contribution in [0.15, 0.2) is 91.1 Å². The highest BCUT2D eigenvalue weighted by molar-refractivity contribution is 6.02. The number of aromatic nitrogens is 1. The Morgan fingerprint density at radius 1 is 0.857 bits per heavy atom. The highest BCUT2D eigenvalue weighted by Crippen LogP contribution is 2.23. The Balaban J connectivity index is 1.53. The van der Waals surface area contributed by atoms with Crippen molar-refractivity contribution >= 4 is 28.4 Å². The number of aryl methyl sites for hydroxylation is 1. The molecule has 4 rings (SSSR count). The molecule has 4 aromatic rings. The zero-order valence-corrected chi connectivity index (χ0v) is 20.5. The Hall–Kier alpha value is -4.06. The van der Waals surface area contributed by atoms with Crippen molar-refractivity contribution in [3.8, 4) is 0 Å². The fourth-order valence-corrected chi connectivity index (χ4v) is 4.15. The number of anilines is 1. The molecule has 1 heterocycles. The van der Waals surface area contributed by atoms with Crippen LogP contribution < -0.4 is 5.32 Å². The molecular formula is C29H32N4O2. The van der Waals surface area contributed by atoms with Gasteiger partial charge in [-0.3, -0.25) is 4.79 Å². The second-order valence-electron chi connectivity index (χ2n) is 9.02. The third kappa shape index (κ3) is 5.90. The molecule has 0 saturated heterocycles. The summed E-state index contributed by atoms with van der Waals surface area (Å²) >= 11 is 0. The molecule has 3 aromatic carbocycles. The maximum atomic E-state index is 13.6. The van der Waals surface area contributed by atoms with Crippen LogP contribution in [0.1, 0.15) is 25.1 Å². The SMILES string of the molecule is CC(C)N(CC(=O)N(Cc1ccccc1)Cc1cccn1C)C(=O)Nc1cccc2ccccc12. The standard InChI is InChI=1S/C29H32N4O2/c1-22(2)33(29(35)30-27-17-9-14-24-13-7-8-16-26(24)27)21-28(34)32(19-23-11-5-4-6-12-23)20-25-15-10-18-31(25)3/h4-18,22H,19-21H2,1-3H3,(H,30,35). The molecule has 0 aliphatic rings. The lowest BCUT2D eigenvalue weighted by molar-refractivity contribution is -0.133. The molecule has 0 spiro atoms. The number of amides is 3. The number of benzene rings is 3. The molecule has 0 aliphatic carbocycles. The second kappa shape index (κ2) is 10.9. The van der Waals surface area contributed by atoms with Gasteiger partial charge in [0.25, 0.3) is 0 Å². The molecule has 180 valence electrons. The number of carbonyl (C=O) groups is 2. The highest BCUT2D eigenvalue weighted by atomic mass is 16.2. The van der Waals surface area contributed by atoms with Crippen LogP contribution in [-0.4, -0.2) is 38.9 Å². The summed E-state index contributed by atoms with van der Waals surface area (Å²) in [5.41, 5.74) is 2.81. The second-order valence-corrected chi connectivity index (χ2v) is 9.02. The van der Waals surface area contributed by atoms with E-state index >= 15 is 0 Å². The predicted octanol–water partition coefficient (Wildman–Crippen LogP) is 5.65. The first-order valence-electron chi connectivity index (χ1n) is 11.9. The fraction of sp³-hybridized carbons (Fsp3) is 0.241. The van der Waals surface area contributed by atoms with Gasteiger partial charge in [0.1, 0.15) is 6.54 Å². The summed E-state index contributed by atoms with van der Waals surface area (Å²) in [5.74, 6) is -0.100. The van der Waals surface area contributed by atoms with Crippen LogP contribution in [0, 0.1) is 0 Å². The summed E-state index contributed by atoms with van der Waals surface area (Å²) in [7, 11) is 1.97. The maximum Gasteiger partial charge on any atom is 0.322 e. The Kier molecular flexibility index (Phi) is 7.51. The van der Waals surface area contributed by atoms with Gasteiger partial charge in [0.15, 0.2) is 0 Å². The number of rotatable bonds is 8. The molecule has 0 aliphatic heterocycles. The van der Waals surface area contributed by atoms with Gasteiger partial charge in [-0.25, -0.2) is 4.79 Å². The molecule has 6 heteroatoms. The Morgan fingerprint density at radius 2 is 1.57 bits per heavy atom. The minimum atomic E-state index is -0.289. The van der Waals surface area contributed by atoms with Crippen molar-refractivity contribution in [1.29, 1.82) is 0 Å². The van der Waals surface area contributed by atoms with Gasteiger partial charge in [0.2, 0.25) is 5.91 Å². The van der Waals surface area contributed by atoms with Gasteiger partial charge in [0, 0.05) is 36.9 Å². The third-order valence-corrected chi connectivity index (χ3v) is 6.19. The summed E-state index contributed by atoms with van der Waals surface area (Å²) in [5, 5.41) is 5.04. The van der Waals surface area contributed by atoms with E-state index in [-0.39, 0.29) is 24.5 Å². The monoisotopic (exact) mass is 468 g/mol. The van der Waals surface area contributed by atoms with Gasteiger partial charge in [-0.05, 0) is 43.0 Å². The van der Waals surface area contributed by atoms with Gasteiger partial charge < -0.3 is 19.7 Å². The predicted molar refractivity (Wildman–Crippen MR) is 141 cm³/mol. The molecule has 0 saturated carbocycles. The first-order valence-corrected chi connectivity index (χ1v) is 11.9. The van der Waals surface area contributed by atoms with Crippen molar-refractivity contribution in [1.82, 2.24) is 14.4 Å². The van der Waals surface area contributed by atoms with Crippen molar-refractivity contribution < 1.29 is 9.59 Å². The van der Waals surface area contributed by atoms with Crippen molar-refractivity contribution in [3.05, 3.63) is 102 Å². The number of fused-ring (bicyclic) bond motifs is 1. The quantitative estimate of drug-likeness (QED) is 0.363. The van der Waals surface area contributed by atoms with E-state index in [0.717, 1.165) is 27.7 Å². The van der Waals surface area contributed by atoms with E-state index in [1.807, 2.05) is 121 Å². The van der Waals surface area contributed by atoms with Crippen molar-refractivity contribution in [3.63, 3.8) is 0 Å². The lowest BCUT2D eigenvalue weighted by atomic mass is 10.1. The van der Waals surface area contributed by atoms with Gasteiger partial charge in [-0.15, -0.1) is 0 Å². The maximum absolute atomic E-state index is 13.6. The van der Waals surface area contributed by atoms with Crippen LogP contribution >= 0.6 is 0 Å². The first kappa shape index (κ1) is 24.1. The van der Waals surface area contributed by atoms with Crippen LogP contribution in [0.4, 0.5) is 10.5 Å². The number of hydrogen-bond acceptors (Lipinski definition) is 2. The van der Waals surface area contributed by atoms with Crippen LogP contribution in [0.3, 0.4) is 0 Å². The number of nitrogens with zero attached hydrogens (tertiary/aromatic N) is 3. The van der Waals surface area contributed by atoms with E-state index in [1.165, 1.54) is 0 Å². The van der Waals surface area contributed by atoms with E-state index in [4.69, 9.17) is 0 Å². The van der Waals surface area contributed by atoms with Crippen LogP contribution in [0.5, 0.6) is 0 Å². The van der Waals surface area contributed by atoms with Crippen molar-refractivity contribution in [2.24, 2.45) is 7.05 Å². The molecule has 3 amide bonds. The molecule has 0 unspecified atom stereocenters. The summed E-state index contributed by atoms with van der Waals surface area (Å²) < 4.78 is 2.01. The largest absolute Gasteiger partial charge is 0.353 e. The van der Waals surface area contributed by atoms with Crippen LogP contribution in [-0.2, 0) is 24.9 Å². The number of urea groups is 1. The molecule has 1 aromatic heterocycles. The lowest BCUT2D eigenvalue weighted by Crippen LogP contribution is -2.47. The summed E-state index contributed by atoms with van der Waals surface area (Å²) in [6, 6.07) is 27.2. The zero-order valence-electron chi connectivity index (χ0n) is 20.5. The normalized spacial score (nSPS) is 11.0. The molecular weight excluding hydrogens is 436 g/mol. The van der Waals surface area contributed by atoms with E-state index in [2.05, 4.69) is 5.32 Å². The number of nitrogens with one attached hydrogen (secondary N) is 1. The fourth-order valence-electron chi connectivity index (χ4n) is 4.15. The topological polar surface area (TPSA) is 57.6 Å². The Morgan fingerprint density at radius 3 is 2.29 bits per heavy atom. The van der Waals surface area contributed by atoms with Crippen LogP contribution in [0.2, 0.25) is 0 Å². The summed E-state index contributed by atoms with van der Waals surface area (Å²) in [6.45, 7) is 4.78. The van der Waals surface area contributed by atoms with Crippen molar-refractivity contribution in [2.75, 3.05) is 11.9 Å². The third-order valence-electron chi connectivity index (χ3n) is 6.19. The molecule has 6 nitrogen and oxygen atoms in total. The van der Waals surface area contributed by atoms with Gasteiger partial charge >= 0.3 is 6.03 Å². The molecule has 1 N–H and O–H groups in total. The molecule has 35 heavy (non-hydrogen) atoms. The van der Waals surface area contributed by atoms with Gasteiger partial charge in [-0.1, -0.05) is 66.7 Å². The average molecular weight is 469 g/mol. The average Bonchev–Trinajstić information content (AvgIpc) is 3.26. The minimum Gasteiger partial charge on any atom is -0.353 e.